The molecule has 5 N–H and O–H groups in total. The fourth-order valence-electron chi connectivity index (χ4n) is 4.41. The highest BCUT2D eigenvalue weighted by molar-refractivity contribution is 5.96. The number of primary amides is 1. The van der Waals surface area contributed by atoms with Crippen LogP contribution in [0, 0.1) is 0 Å². The summed E-state index contributed by atoms with van der Waals surface area (Å²) in [6.45, 7) is 5.20. The van der Waals surface area contributed by atoms with Gasteiger partial charge in [0.05, 0.1) is 30.2 Å². The Balaban J connectivity index is 1.24. The summed E-state index contributed by atoms with van der Waals surface area (Å²) in [6.07, 6.45) is 7.48. The number of aromatic nitrogens is 4. The number of carbonyl (C=O) groups is 1. The lowest BCUT2D eigenvalue weighted by atomic mass is 10.00. The van der Waals surface area contributed by atoms with E-state index in [4.69, 9.17) is 5.73 Å². The summed E-state index contributed by atoms with van der Waals surface area (Å²) in [5, 5.41) is 21.5. The van der Waals surface area contributed by atoms with Crippen LogP contribution in [0.15, 0.2) is 49.4 Å². The summed E-state index contributed by atoms with van der Waals surface area (Å²) >= 11 is 0. The fourth-order valence-corrected chi connectivity index (χ4v) is 4.41. The maximum atomic E-state index is 11.9. The number of aryl methyl sites for hydroxylation is 1. The normalized spacial score (nSPS) is 19.9. The first-order valence-electron chi connectivity index (χ1n) is 11.8. The average Bonchev–Trinajstić information content (AvgIpc) is 3.62. The zero-order valence-corrected chi connectivity index (χ0v) is 19.7. The number of aliphatic hydroxyl groups is 1. The Kier molecular flexibility index (Phi) is 6.12. The van der Waals surface area contributed by atoms with Crippen molar-refractivity contribution in [2.45, 2.75) is 37.3 Å². The molecule has 3 heterocycles. The van der Waals surface area contributed by atoms with Crippen molar-refractivity contribution in [2.24, 2.45) is 12.8 Å². The number of hydrogen-bond donors (Lipinski definition) is 4. The molecule has 0 spiro atoms. The van der Waals surface area contributed by atoms with Gasteiger partial charge in [0, 0.05) is 32.0 Å². The number of benzene rings is 1. The number of nitrogens with two attached hydrogens (primary N) is 1. The van der Waals surface area contributed by atoms with Crippen LogP contribution in [0.1, 0.15) is 46.8 Å². The Morgan fingerprint density at radius 2 is 1.97 bits per heavy atom. The minimum Gasteiger partial charge on any atom is -0.389 e. The third-order valence-electron chi connectivity index (χ3n) is 6.53. The number of carbonyl (C=O) groups excluding carboxylic acids is 1. The zero-order valence-electron chi connectivity index (χ0n) is 19.7. The van der Waals surface area contributed by atoms with Gasteiger partial charge >= 0.3 is 0 Å². The molecule has 1 aliphatic heterocycles. The summed E-state index contributed by atoms with van der Waals surface area (Å²) in [6, 6.07) is 8.40. The van der Waals surface area contributed by atoms with Gasteiger partial charge in [-0.15, -0.1) is 0 Å². The van der Waals surface area contributed by atoms with Crippen LogP contribution in [0.25, 0.3) is 5.70 Å². The van der Waals surface area contributed by atoms with Gasteiger partial charge in [0.2, 0.25) is 0 Å². The summed E-state index contributed by atoms with van der Waals surface area (Å²) < 4.78 is 1.63. The number of aliphatic hydroxyl groups excluding tert-OH is 1. The lowest BCUT2D eigenvalue weighted by Gasteiger charge is -2.37. The van der Waals surface area contributed by atoms with Crippen molar-refractivity contribution < 1.29 is 9.90 Å². The second kappa shape index (κ2) is 9.38. The first-order valence-corrected chi connectivity index (χ1v) is 11.8. The van der Waals surface area contributed by atoms with Crippen LogP contribution < -0.4 is 21.3 Å². The third-order valence-corrected chi connectivity index (χ3v) is 6.53. The summed E-state index contributed by atoms with van der Waals surface area (Å²) in [7, 11) is 1.79. The molecule has 5 rings (SSSR count). The molecule has 1 saturated heterocycles. The van der Waals surface area contributed by atoms with Crippen LogP contribution in [-0.2, 0) is 7.05 Å². The predicted molar refractivity (Wildman–Crippen MR) is 134 cm³/mol. The van der Waals surface area contributed by atoms with E-state index < -0.39 is 12.0 Å². The summed E-state index contributed by atoms with van der Waals surface area (Å²) in [5.41, 5.74) is 9.41. The van der Waals surface area contributed by atoms with Gasteiger partial charge in [-0.3, -0.25) is 9.48 Å². The molecule has 182 valence electrons. The van der Waals surface area contributed by atoms with Crippen molar-refractivity contribution in [1.29, 1.82) is 0 Å². The molecule has 1 amide bonds. The molecule has 2 aliphatic rings. The predicted octanol–water partition coefficient (Wildman–Crippen LogP) is 2.13. The molecular weight excluding hydrogens is 444 g/mol. The quantitative estimate of drug-likeness (QED) is 0.390. The molecule has 1 saturated carbocycles. The Morgan fingerprint density at radius 1 is 1.20 bits per heavy atom. The second-order valence-electron chi connectivity index (χ2n) is 9.25. The van der Waals surface area contributed by atoms with Crippen molar-refractivity contribution in [3.05, 3.63) is 66.3 Å². The average molecular weight is 475 g/mol. The SMILES string of the molecule is C=C(NC1CCN(c2cnc(C(N)=O)c(Nc3cnn(C)c3)n2)CC1O)c1ccc(C2CC2)cc1. The number of amides is 1. The van der Waals surface area contributed by atoms with Gasteiger partial charge < -0.3 is 26.4 Å². The zero-order chi connectivity index (χ0) is 24.5. The van der Waals surface area contributed by atoms with Gasteiger partial charge in [0.1, 0.15) is 5.82 Å². The highest BCUT2D eigenvalue weighted by Crippen LogP contribution is 2.40. The van der Waals surface area contributed by atoms with E-state index in [-0.39, 0.29) is 17.6 Å². The monoisotopic (exact) mass is 474 g/mol. The molecule has 35 heavy (non-hydrogen) atoms. The standard InChI is InChI=1S/C25H30N8O2/c1-15(16-3-5-17(6-4-16)18-7-8-18)29-20-9-10-33(14-21(20)34)22-12-27-23(24(26)35)25(31-22)30-19-11-28-32(2)13-19/h3-6,11-13,18,20-21,29,34H,1,7-10,14H2,2H3,(H2,26,35)(H,30,31). The van der Waals surface area contributed by atoms with E-state index in [1.165, 1.54) is 24.6 Å². The lowest BCUT2D eigenvalue weighted by molar-refractivity contribution is 0.0996. The highest BCUT2D eigenvalue weighted by atomic mass is 16.3. The first-order chi connectivity index (χ1) is 16.9. The molecule has 2 aromatic heterocycles. The van der Waals surface area contributed by atoms with Gasteiger partial charge in [-0.25, -0.2) is 9.97 Å². The fraction of sp³-hybridized carbons (Fsp3) is 0.360. The molecule has 10 nitrogen and oxygen atoms in total. The molecule has 2 fully saturated rings. The van der Waals surface area contributed by atoms with E-state index in [1.807, 2.05) is 4.90 Å². The number of β-amino-alcohol motifs (C(OH)–C–C–N with tert-alkyl or cyclic N) is 1. The number of hydrogen-bond acceptors (Lipinski definition) is 8. The van der Waals surface area contributed by atoms with Gasteiger partial charge in [-0.1, -0.05) is 30.8 Å². The van der Waals surface area contributed by atoms with Gasteiger partial charge in [-0.05, 0) is 36.3 Å². The molecular formula is C25H30N8O2. The smallest absolute Gasteiger partial charge is 0.271 e. The molecule has 2 unspecified atom stereocenters. The highest BCUT2D eigenvalue weighted by Gasteiger charge is 2.30. The van der Waals surface area contributed by atoms with Gasteiger partial charge in [0.15, 0.2) is 11.5 Å². The minimum absolute atomic E-state index is 0.0405. The molecule has 1 aliphatic carbocycles. The van der Waals surface area contributed by atoms with Crippen LogP contribution in [0.2, 0.25) is 0 Å². The van der Waals surface area contributed by atoms with Crippen molar-refractivity contribution in [3.8, 4) is 0 Å². The molecule has 10 heteroatoms. The second-order valence-corrected chi connectivity index (χ2v) is 9.25. The van der Waals surface area contributed by atoms with E-state index in [0.717, 1.165) is 17.2 Å². The molecule has 1 aromatic carbocycles. The van der Waals surface area contributed by atoms with Crippen molar-refractivity contribution >= 4 is 28.9 Å². The molecule has 3 aromatic rings. The van der Waals surface area contributed by atoms with Crippen LogP contribution >= 0.6 is 0 Å². The van der Waals surface area contributed by atoms with Crippen molar-refractivity contribution in [3.63, 3.8) is 0 Å². The number of piperidine rings is 1. The van der Waals surface area contributed by atoms with E-state index in [9.17, 15) is 9.90 Å². The number of nitrogens with zero attached hydrogens (tertiary/aromatic N) is 5. The van der Waals surface area contributed by atoms with E-state index in [0.29, 0.717) is 31.0 Å². The maximum Gasteiger partial charge on any atom is 0.271 e. The number of anilines is 3. The number of nitrogens with one attached hydrogen (secondary N) is 2. The Hall–Kier alpha value is -3.92. The Morgan fingerprint density at radius 3 is 2.60 bits per heavy atom. The maximum absolute atomic E-state index is 11.9. The van der Waals surface area contributed by atoms with Crippen molar-refractivity contribution in [2.75, 3.05) is 23.3 Å². The first kappa shape index (κ1) is 22.9. The van der Waals surface area contributed by atoms with Crippen LogP contribution in [-0.4, -0.2) is 56.0 Å². The van der Waals surface area contributed by atoms with E-state index in [2.05, 4.69) is 56.5 Å². The van der Waals surface area contributed by atoms with Crippen molar-refractivity contribution in [1.82, 2.24) is 25.1 Å². The minimum atomic E-state index is -0.679. The lowest BCUT2D eigenvalue weighted by Crippen LogP contribution is -2.52. The van der Waals surface area contributed by atoms with Gasteiger partial charge in [0.25, 0.3) is 5.91 Å². The Labute approximate surface area is 203 Å². The number of rotatable bonds is 8. The summed E-state index contributed by atoms with van der Waals surface area (Å²) in [5.74, 6) is 0.841. The summed E-state index contributed by atoms with van der Waals surface area (Å²) in [4.78, 5) is 22.6. The Bertz CT molecular complexity index is 1230. The molecule has 0 bridgehead atoms. The topological polar surface area (TPSA) is 134 Å². The van der Waals surface area contributed by atoms with Crippen LogP contribution in [0.4, 0.5) is 17.3 Å². The van der Waals surface area contributed by atoms with E-state index in [1.54, 1.807) is 24.1 Å². The molecule has 0 radical (unpaired) electrons. The van der Waals surface area contributed by atoms with Gasteiger partial charge in [-0.2, -0.15) is 5.10 Å². The largest absolute Gasteiger partial charge is 0.389 e. The van der Waals surface area contributed by atoms with Crippen LogP contribution in [0.5, 0.6) is 0 Å². The van der Waals surface area contributed by atoms with Crippen LogP contribution in [0.3, 0.4) is 0 Å². The third kappa shape index (κ3) is 5.12. The van der Waals surface area contributed by atoms with E-state index >= 15 is 0 Å². The molecule has 2 atom stereocenters.